The van der Waals surface area contributed by atoms with E-state index in [9.17, 15) is 4.79 Å². The molecule has 0 saturated carbocycles. The second-order valence-corrected chi connectivity index (χ2v) is 6.69. The highest BCUT2D eigenvalue weighted by Gasteiger charge is 2.17. The van der Waals surface area contributed by atoms with Crippen molar-refractivity contribution < 1.29 is 19.0 Å². The van der Waals surface area contributed by atoms with E-state index in [0.29, 0.717) is 27.8 Å². The molecular weight excluding hydrogens is 394 g/mol. The lowest BCUT2D eigenvalue weighted by Crippen LogP contribution is -2.23. The molecule has 0 aliphatic heterocycles. The number of rotatable bonds is 7. The molecule has 8 heteroatoms. The number of amides is 1. The Morgan fingerprint density at radius 3 is 2.38 bits per heavy atom. The van der Waals surface area contributed by atoms with Crippen molar-refractivity contribution in [2.75, 3.05) is 21.3 Å². The summed E-state index contributed by atoms with van der Waals surface area (Å²) in [5, 5.41) is 7.83. The van der Waals surface area contributed by atoms with Gasteiger partial charge in [-0.2, -0.15) is 5.10 Å². The number of carbonyl (C=O) groups excluding carboxylic acids is 1. The van der Waals surface area contributed by atoms with Gasteiger partial charge in [0.1, 0.15) is 0 Å². The number of nitrogens with zero attached hydrogens (tertiary/aromatic N) is 2. The van der Waals surface area contributed by atoms with Gasteiger partial charge in [0.2, 0.25) is 5.75 Å². The maximum atomic E-state index is 12.7. The van der Waals surface area contributed by atoms with Gasteiger partial charge >= 0.3 is 0 Å². The number of aromatic nitrogens is 2. The van der Waals surface area contributed by atoms with Gasteiger partial charge < -0.3 is 19.5 Å². The average Bonchev–Trinajstić information content (AvgIpc) is 3.12. The molecule has 1 amide bonds. The summed E-state index contributed by atoms with van der Waals surface area (Å²) in [6, 6.07) is 10.9. The molecule has 1 N–H and O–H groups in total. The Morgan fingerprint density at radius 1 is 1.10 bits per heavy atom. The van der Waals surface area contributed by atoms with Gasteiger partial charge in [-0.05, 0) is 42.8 Å². The molecule has 3 aromatic rings. The summed E-state index contributed by atoms with van der Waals surface area (Å²) in [6.07, 6.45) is 1.54. The van der Waals surface area contributed by atoms with Crippen LogP contribution < -0.4 is 19.5 Å². The van der Waals surface area contributed by atoms with Crippen molar-refractivity contribution in [2.45, 2.75) is 13.5 Å². The summed E-state index contributed by atoms with van der Waals surface area (Å²) >= 11 is 6.06. The molecule has 7 nitrogen and oxygen atoms in total. The van der Waals surface area contributed by atoms with Crippen LogP contribution in [0.5, 0.6) is 17.2 Å². The zero-order valence-electron chi connectivity index (χ0n) is 16.7. The predicted molar refractivity (Wildman–Crippen MR) is 111 cm³/mol. The maximum absolute atomic E-state index is 12.7. The van der Waals surface area contributed by atoms with E-state index < -0.39 is 0 Å². The largest absolute Gasteiger partial charge is 0.493 e. The monoisotopic (exact) mass is 415 g/mol. The van der Waals surface area contributed by atoms with Crippen LogP contribution in [0.25, 0.3) is 5.69 Å². The third-order valence-electron chi connectivity index (χ3n) is 4.48. The van der Waals surface area contributed by atoms with E-state index in [0.717, 1.165) is 16.9 Å². The Hall–Kier alpha value is -3.19. The van der Waals surface area contributed by atoms with Crippen molar-refractivity contribution in [3.8, 4) is 22.9 Å². The number of benzene rings is 2. The fraction of sp³-hybridized carbons (Fsp3) is 0.238. The van der Waals surface area contributed by atoms with Crippen LogP contribution in [-0.2, 0) is 6.54 Å². The van der Waals surface area contributed by atoms with Crippen LogP contribution in [0, 0.1) is 6.92 Å². The summed E-state index contributed by atoms with van der Waals surface area (Å²) in [5.41, 5.74) is 2.80. The molecular formula is C21H22ClN3O4. The molecule has 0 aliphatic carbocycles. The van der Waals surface area contributed by atoms with E-state index in [1.54, 1.807) is 56.5 Å². The minimum atomic E-state index is -0.232. The van der Waals surface area contributed by atoms with Crippen LogP contribution in [-0.4, -0.2) is 37.0 Å². The van der Waals surface area contributed by atoms with Crippen LogP contribution in [0.15, 0.2) is 42.6 Å². The predicted octanol–water partition coefficient (Wildman–Crippen LogP) is 3.79. The van der Waals surface area contributed by atoms with Crippen molar-refractivity contribution in [1.29, 1.82) is 0 Å². The molecule has 0 saturated heterocycles. The van der Waals surface area contributed by atoms with Crippen LogP contribution in [0.3, 0.4) is 0 Å². The van der Waals surface area contributed by atoms with Gasteiger partial charge in [0, 0.05) is 11.6 Å². The fourth-order valence-corrected chi connectivity index (χ4v) is 3.20. The zero-order valence-corrected chi connectivity index (χ0v) is 17.4. The minimum Gasteiger partial charge on any atom is -0.493 e. The minimum absolute atomic E-state index is 0.232. The molecule has 152 valence electrons. The van der Waals surface area contributed by atoms with Crippen molar-refractivity contribution in [3.63, 3.8) is 0 Å². The average molecular weight is 416 g/mol. The second kappa shape index (κ2) is 8.87. The number of nitrogens with one attached hydrogen (secondary N) is 1. The highest BCUT2D eigenvalue weighted by Crippen LogP contribution is 2.38. The van der Waals surface area contributed by atoms with E-state index in [1.165, 1.54) is 0 Å². The molecule has 3 rings (SSSR count). The van der Waals surface area contributed by atoms with Crippen LogP contribution >= 0.6 is 11.6 Å². The summed E-state index contributed by atoms with van der Waals surface area (Å²) in [5.74, 6) is 1.33. The SMILES string of the molecule is COc1cc(CNC(=O)c2cnn(-c3cccc(Cl)c3)c2C)cc(OC)c1OC. The first-order chi connectivity index (χ1) is 14.0. The zero-order chi connectivity index (χ0) is 21.0. The van der Waals surface area contributed by atoms with E-state index in [-0.39, 0.29) is 12.5 Å². The first kappa shape index (κ1) is 20.5. The normalized spacial score (nSPS) is 10.5. The number of hydrogen-bond donors (Lipinski definition) is 1. The van der Waals surface area contributed by atoms with Crippen molar-refractivity contribution in [3.05, 3.63) is 64.4 Å². The van der Waals surface area contributed by atoms with Crippen LogP contribution in [0.2, 0.25) is 5.02 Å². The molecule has 2 aromatic carbocycles. The Kier molecular flexibility index (Phi) is 6.29. The molecule has 0 bridgehead atoms. The van der Waals surface area contributed by atoms with Gasteiger partial charge in [-0.15, -0.1) is 0 Å². The van der Waals surface area contributed by atoms with Crippen molar-refractivity contribution in [2.24, 2.45) is 0 Å². The summed E-state index contributed by atoms with van der Waals surface area (Å²) in [7, 11) is 4.64. The highest BCUT2D eigenvalue weighted by atomic mass is 35.5. The van der Waals surface area contributed by atoms with Gasteiger partial charge in [-0.25, -0.2) is 4.68 Å². The lowest BCUT2D eigenvalue weighted by Gasteiger charge is -2.14. The standard InChI is InChI=1S/C21H22ClN3O4/c1-13-17(12-24-25(13)16-7-5-6-15(22)10-16)21(26)23-11-14-8-18(27-2)20(29-4)19(9-14)28-3/h5-10,12H,11H2,1-4H3,(H,23,26). The fourth-order valence-electron chi connectivity index (χ4n) is 3.02. The first-order valence-corrected chi connectivity index (χ1v) is 9.24. The first-order valence-electron chi connectivity index (χ1n) is 8.86. The molecule has 0 unspecified atom stereocenters. The number of carbonyl (C=O) groups is 1. The number of hydrogen-bond acceptors (Lipinski definition) is 5. The summed E-state index contributed by atoms with van der Waals surface area (Å²) in [4.78, 5) is 12.7. The van der Waals surface area contributed by atoms with Crippen LogP contribution in [0.1, 0.15) is 21.6 Å². The molecule has 0 spiro atoms. The third-order valence-corrected chi connectivity index (χ3v) is 4.72. The van der Waals surface area contributed by atoms with Crippen molar-refractivity contribution in [1.82, 2.24) is 15.1 Å². The quantitative estimate of drug-likeness (QED) is 0.635. The summed E-state index contributed by atoms with van der Waals surface area (Å²) in [6.45, 7) is 2.12. The summed E-state index contributed by atoms with van der Waals surface area (Å²) < 4.78 is 17.7. The molecule has 1 aromatic heterocycles. The lowest BCUT2D eigenvalue weighted by molar-refractivity contribution is 0.0950. The smallest absolute Gasteiger partial charge is 0.255 e. The van der Waals surface area contributed by atoms with Gasteiger partial charge in [0.15, 0.2) is 11.5 Å². The van der Waals surface area contributed by atoms with Gasteiger partial charge in [-0.3, -0.25) is 4.79 Å². The van der Waals surface area contributed by atoms with Gasteiger partial charge in [-0.1, -0.05) is 17.7 Å². The molecule has 1 heterocycles. The molecule has 0 aliphatic rings. The lowest BCUT2D eigenvalue weighted by atomic mass is 10.1. The van der Waals surface area contributed by atoms with E-state index in [4.69, 9.17) is 25.8 Å². The Bertz CT molecular complexity index is 1010. The molecule has 0 fully saturated rings. The highest BCUT2D eigenvalue weighted by molar-refractivity contribution is 6.30. The molecule has 0 atom stereocenters. The van der Waals surface area contributed by atoms with E-state index >= 15 is 0 Å². The van der Waals surface area contributed by atoms with Gasteiger partial charge in [0.05, 0.1) is 44.5 Å². The van der Waals surface area contributed by atoms with Gasteiger partial charge in [0.25, 0.3) is 5.91 Å². The second-order valence-electron chi connectivity index (χ2n) is 6.25. The van der Waals surface area contributed by atoms with Crippen LogP contribution in [0.4, 0.5) is 0 Å². The Labute approximate surface area is 174 Å². The number of ether oxygens (including phenoxy) is 3. The molecule has 0 radical (unpaired) electrons. The Balaban J connectivity index is 1.78. The van der Waals surface area contributed by atoms with E-state index in [1.807, 2.05) is 19.1 Å². The topological polar surface area (TPSA) is 74.6 Å². The third kappa shape index (κ3) is 4.30. The number of methoxy groups -OCH3 is 3. The Morgan fingerprint density at radius 2 is 1.79 bits per heavy atom. The molecule has 29 heavy (non-hydrogen) atoms. The van der Waals surface area contributed by atoms with Crippen molar-refractivity contribution >= 4 is 17.5 Å². The maximum Gasteiger partial charge on any atom is 0.255 e. The van der Waals surface area contributed by atoms with E-state index in [2.05, 4.69) is 10.4 Å². The number of halogens is 1.